The maximum atomic E-state index is 13.4. The van der Waals surface area contributed by atoms with Crippen molar-refractivity contribution >= 4 is 5.91 Å². The molecule has 1 N–H and O–H groups in total. The number of halogens is 3. The summed E-state index contributed by atoms with van der Waals surface area (Å²) in [5.41, 5.74) is -0.549. The molecule has 162 valence electrons. The average molecular weight is 421 g/mol. The van der Waals surface area contributed by atoms with Gasteiger partial charge in [-0.05, 0) is 56.0 Å². The fourth-order valence-electron chi connectivity index (χ4n) is 3.80. The largest absolute Gasteiger partial charge is 0.494 e. The number of amides is 1. The van der Waals surface area contributed by atoms with Gasteiger partial charge in [-0.15, -0.1) is 0 Å². The van der Waals surface area contributed by atoms with Gasteiger partial charge in [0.1, 0.15) is 5.75 Å². The summed E-state index contributed by atoms with van der Waals surface area (Å²) < 4.78 is 50.6. The summed E-state index contributed by atoms with van der Waals surface area (Å²) in [6, 6.07) is 12.2. The first kappa shape index (κ1) is 22.2. The van der Waals surface area contributed by atoms with Crippen LogP contribution in [0.5, 0.6) is 5.75 Å². The standard InChI is InChI=1S/C23H26F3NO3/c1-3-30-20-9-7-17(8-10-20)16(2)27-21(28)22(11-13-29-14-12-22)18-5-4-6-19(15-18)23(24,25)26/h4-10,15-16H,3,11-14H2,1-2H3,(H,27,28). The molecule has 1 fully saturated rings. The highest BCUT2D eigenvalue weighted by Gasteiger charge is 2.43. The number of hydrogen-bond donors (Lipinski definition) is 1. The van der Waals surface area contributed by atoms with Crippen molar-refractivity contribution in [2.75, 3.05) is 19.8 Å². The molecule has 2 aromatic carbocycles. The summed E-state index contributed by atoms with van der Waals surface area (Å²) in [7, 11) is 0. The molecule has 7 heteroatoms. The minimum absolute atomic E-state index is 0.286. The van der Waals surface area contributed by atoms with E-state index in [2.05, 4.69) is 5.32 Å². The molecule has 0 aromatic heterocycles. The highest BCUT2D eigenvalue weighted by Crippen LogP contribution is 2.39. The van der Waals surface area contributed by atoms with E-state index >= 15 is 0 Å². The third kappa shape index (κ3) is 4.78. The minimum atomic E-state index is -4.46. The summed E-state index contributed by atoms with van der Waals surface area (Å²) in [6.07, 6.45) is -3.80. The van der Waals surface area contributed by atoms with Crippen LogP contribution in [0.3, 0.4) is 0 Å². The molecule has 30 heavy (non-hydrogen) atoms. The molecule has 0 spiro atoms. The first-order chi connectivity index (χ1) is 14.3. The van der Waals surface area contributed by atoms with Gasteiger partial charge in [0.05, 0.1) is 23.6 Å². The molecule has 0 saturated carbocycles. The molecule has 3 rings (SSSR count). The van der Waals surface area contributed by atoms with Gasteiger partial charge in [0.2, 0.25) is 5.91 Å². The molecular weight excluding hydrogens is 395 g/mol. The van der Waals surface area contributed by atoms with Crippen molar-refractivity contribution in [3.63, 3.8) is 0 Å². The van der Waals surface area contributed by atoms with Crippen LogP contribution in [0.1, 0.15) is 49.4 Å². The van der Waals surface area contributed by atoms with Gasteiger partial charge in [0.25, 0.3) is 0 Å². The van der Waals surface area contributed by atoms with Crippen LogP contribution in [0.2, 0.25) is 0 Å². The molecule has 4 nitrogen and oxygen atoms in total. The van der Waals surface area contributed by atoms with Gasteiger partial charge in [0, 0.05) is 13.2 Å². The number of nitrogens with one attached hydrogen (secondary N) is 1. The van der Waals surface area contributed by atoms with Crippen LogP contribution >= 0.6 is 0 Å². The zero-order chi connectivity index (χ0) is 21.8. The summed E-state index contributed by atoms with van der Waals surface area (Å²) in [5.74, 6) is 0.455. The summed E-state index contributed by atoms with van der Waals surface area (Å²) >= 11 is 0. The van der Waals surface area contributed by atoms with Crippen LogP contribution in [-0.4, -0.2) is 25.7 Å². The van der Waals surface area contributed by atoms with Gasteiger partial charge in [0.15, 0.2) is 0 Å². The van der Waals surface area contributed by atoms with E-state index in [1.807, 2.05) is 38.1 Å². The van der Waals surface area contributed by atoms with E-state index in [0.29, 0.717) is 38.2 Å². The lowest BCUT2D eigenvalue weighted by Gasteiger charge is -2.37. The molecule has 1 heterocycles. The van der Waals surface area contributed by atoms with Crippen LogP contribution in [-0.2, 0) is 21.1 Å². The second kappa shape index (κ2) is 9.08. The van der Waals surface area contributed by atoms with Gasteiger partial charge in [-0.3, -0.25) is 4.79 Å². The van der Waals surface area contributed by atoms with Gasteiger partial charge in [-0.2, -0.15) is 13.2 Å². The molecule has 1 atom stereocenters. The highest BCUT2D eigenvalue weighted by atomic mass is 19.4. The number of carbonyl (C=O) groups is 1. The van der Waals surface area contributed by atoms with Crippen LogP contribution in [0.15, 0.2) is 48.5 Å². The Balaban J connectivity index is 1.85. The molecule has 0 aliphatic carbocycles. The van der Waals surface area contributed by atoms with Gasteiger partial charge < -0.3 is 14.8 Å². The predicted octanol–water partition coefficient (Wildman–Crippen LogP) is 5.03. The number of ether oxygens (including phenoxy) is 2. The summed E-state index contributed by atoms with van der Waals surface area (Å²) in [6.45, 7) is 4.96. The van der Waals surface area contributed by atoms with Crippen molar-refractivity contribution in [3.05, 3.63) is 65.2 Å². The van der Waals surface area contributed by atoms with E-state index < -0.39 is 17.2 Å². The molecule has 1 aliphatic rings. The Kier molecular flexibility index (Phi) is 6.71. The second-order valence-electron chi connectivity index (χ2n) is 7.47. The number of rotatable bonds is 6. The van der Waals surface area contributed by atoms with Crippen molar-refractivity contribution in [2.24, 2.45) is 0 Å². The van der Waals surface area contributed by atoms with Crippen molar-refractivity contribution in [1.29, 1.82) is 0 Å². The van der Waals surface area contributed by atoms with Crippen molar-refractivity contribution in [3.8, 4) is 5.75 Å². The molecule has 0 radical (unpaired) electrons. The SMILES string of the molecule is CCOc1ccc(C(C)NC(=O)C2(c3cccc(C(F)(F)F)c3)CCOCC2)cc1. The molecular formula is C23H26F3NO3. The molecule has 1 unspecified atom stereocenters. The normalized spacial score (nSPS) is 17.2. The minimum Gasteiger partial charge on any atom is -0.494 e. The molecule has 1 saturated heterocycles. The fraction of sp³-hybridized carbons (Fsp3) is 0.435. The predicted molar refractivity (Wildman–Crippen MR) is 107 cm³/mol. The van der Waals surface area contributed by atoms with Crippen molar-refractivity contribution in [2.45, 2.75) is 44.3 Å². The van der Waals surface area contributed by atoms with E-state index in [1.54, 1.807) is 6.07 Å². The Hall–Kier alpha value is -2.54. The van der Waals surface area contributed by atoms with Gasteiger partial charge in [-0.25, -0.2) is 0 Å². The third-order valence-corrected chi connectivity index (χ3v) is 5.56. The van der Waals surface area contributed by atoms with E-state index in [1.165, 1.54) is 6.07 Å². The number of alkyl halides is 3. The lowest BCUT2D eigenvalue weighted by molar-refractivity contribution is -0.138. The van der Waals surface area contributed by atoms with Crippen LogP contribution in [0.25, 0.3) is 0 Å². The highest BCUT2D eigenvalue weighted by molar-refractivity contribution is 5.88. The number of benzene rings is 2. The smallest absolute Gasteiger partial charge is 0.416 e. The van der Waals surface area contributed by atoms with Crippen molar-refractivity contribution < 1.29 is 27.4 Å². The molecule has 1 amide bonds. The Morgan fingerprint density at radius 1 is 1.17 bits per heavy atom. The Morgan fingerprint density at radius 2 is 1.83 bits per heavy atom. The lowest BCUT2D eigenvalue weighted by Crippen LogP contribution is -2.48. The van der Waals surface area contributed by atoms with Gasteiger partial charge in [-0.1, -0.05) is 30.3 Å². The van der Waals surface area contributed by atoms with Crippen LogP contribution < -0.4 is 10.1 Å². The topological polar surface area (TPSA) is 47.6 Å². The van der Waals surface area contributed by atoms with E-state index in [0.717, 1.165) is 23.4 Å². The van der Waals surface area contributed by atoms with E-state index in [-0.39, 0.29) is 11.9 Å². The molecule has 2 aromatic rings. The zero-order valence-corrected chi connectivity index (χ0v) is 17.1. The maximum Gasteiger partial charge on any atom is 0.416 e. The Morgan fingerprint density at radius 3 is 2.43 bits per heavy atom. The van der Waals surface area contributed by atoms with Crippen LogP contribution in [0, 0.1) is 0 Å². The van der Waals surface area contributed by atoms with Gasteiger partial charge >= 0.3 is 6.18 Å². The quantitative estimate of drug-likeness (QED) is 0.712. The average Bonchev–Trinajstić information content (AvgIpc) is 2.74. The van der Waals surface area contributed by atoms with Crippen LogP contribution in [0.4, 0.5) is 13.2 Å². The lowest BCUT2D eigenvalue weighted by atomic mass is 9.72. The Bertz CT molecular complexity index is 859. The summed E-state index contributed by atoms with van der Waals surface area (Å²) in [5, 5.41) is 3.00. The fourth-order valence-corrected chi connectivity index (χ4v) is 3.80. The monoisotopic (exact) mass is 421 g/mol. The number of carbonyl (C=O) groups excluding carboxylic acids is 1. The van der Waals surface area contributed by atoms with E-state index in [9.17, 15) is 18.0 Å². The maximum absolute atomic E-state index is 13.4. The van der Waals surface area contributed by atoms with E-state index in [4.69, 9.17) is 9.47 Å². The molecule has 0 bridgehead atoms. The second-order valence-corrected chi connectivity index (χ2v) is 7.47. The number of hydrogen-bond acceptors (Lipinski definition) is 3. The first-order valence-corrected chi connectivity index (χ1v) is 10.1. The zero-order valence-electron chi connectivity index (χ0n) is 17.1. The third-order valence-electron chi connectivity index (χ3n) is 5.56. The molecule has 1 aliphatic heterocycles. The van der Waals surface area contributed by atoms with Crippen molar-refractivity contribution in [1.82, 2.24) is 5.32 Å². The Labute approximate surface area is 174 Å². The summed E-state index contributed by atoms with van der Waals surface area (Å²) in [4.78, 5) is 13.4. The first-order valence-electron chi connectivity index (χ1n) is 10.1.